The lowest BCUT2D eigenvalue weighted by atomic mass is 9.85. The Morgan fingerprint density at radius 3 is 2.27 bits per heavy atom. The normalized spacial score (nSPS) is 18.5. The number of nitrogens with zero attached hydrogens (tertiary/aromatic N) is 3. The van der Waals surface area contributed by atoms with E-state index >= 15 is 0 Å². The van der Waals surface area contributed by atoms with Gasteiger partial charge in [-0.3, -0.25) is 9.78 Å². The van der Waals surface area contributed by atoms with Crippen LogP contribution < -0.4 is 4.74 Å². The number of amides is 1. The third kappa shape index (κ3) is 4.35. The molecule has 33 heavy (non-hydrogen) atoms. The fourth-order valence-corrected chi connectivity index (χ4v) is 5.53. The quantitative estimate of drug-likeness (QED) is 0.608. The molecule has 2 aromatic rings. The van der Waals surface area contributed by atoms with Crippen molar-refractivity contribution in [2.45, 2.75) is 23.8 Å². The number of carbonyl (C=O) groups excluding carboxylic acids is 1. The van der Waals surface area contributed by atoms with Crippen molar-refractivity contribution in [2.24, 2.45) is 0 Å². The first kappa shape index (κ1) is 23.3. The van der Waals surface area contributed by atoms with Crippen LogP contribution in [0, 0.1) is 0 Å². The van der Waals surface area contributed by atoms with Crippen LogP contribution in [0.2, 0.25) is 0 Å². The minimum atomic E-state index is -3.84. The molecule has 0 aliphatic carbocycles. The van der Waals surface area contributed by atoms with Gasteiger partial charge in [-0.25, -0.2) is 8.42 Å². The summed E-state index contributed by atoms with van der Waals surface area (Å²) in [6.07, 6.45) is 1.56. The fraction of sp³-hybridized carbons (Fsp3) is 0.364. The summed E-state index contributed by atoms with van der Waals surface area (Å²) in [4.78, 5) is 19.0. The van der Waals surface area contributed by atoms with Crippen LogP contribution in [0.5, 0.6) is 5.75 Å². The maximum atomic E-state index is 13.2. The number of aliphatic hydroxyl groups excluding tert-OH is 1. The van der Waals surface area contributed by atoms with Crippen LogP contribution in [0.3, 0.4) is 0 Å². The van der Waals surface area contributed by atoms with Crippen LogP contribution in [0.4, 0.5) is 8.78 Å². The summed E-state index contributed by atoms with van der Waals surface area (Å²) >= 11 is 0. The second-order valence-electron chi connectivity index (χ2n) is 8.20. The predicted molar refractivity (Wildman–Crippen MR) is 114 cm³/mol. The van der Waals surface area contributed by atoms with Gasteiger partial charge in [0.25, 0.3) is 0 Å². The zero-order valence-electron chi connectivity index (χ0n) is 17.8. The number of rotatable bonds is 7. The lowest BCUT2D eigenvalue weighted by Gasteiger charge is -2.31. The molecule has 1 amide bonds. The van der Waals surface area contributed by atoms with Gasteiger partial charge in [0.05, 0.1) is 17.2 Å². The van der Waals surface area contributed by atoms with Gasteiger partial charge in [0, 0.05) is 32.4 Å². The Balaban J connectivity index is 1.43. The molecule has 0 saturated heterocycles. The Hall–Kier alpha value is -2.89. The van der Waals surface area contributed by atoms with E-state index in [4.69, 9.17) is 0 Å². The molecule has 1 aromatic carbocycles. The molecule has 0 radical (unpaired) electrons. The SMILES string of the molecule is CC(CO)(C(=O)N1CC2=C(C1)CN(S(=O)(=O)c1ccc(OC(F)F)cc1)C2)c1ccccn1. The Morgan fingerprint density at radius 1 is 1.12 bits per heavy atom. The minimum absolute atomic E-state index is 0.0266. The van der Waals surface area contributed by atoms with Crippen LogP contribution in [0.15, 0.2) is 64.7 Å². The molecule has 0 bridgehead atoms. The second kappa shape index (κ2) is 8.81. The summed E-state index contributed by atoms with van der Waals surface area (Å²) in [5, 5.41) is 9.98. The van der Waals surface area contributed by atoms with Crippen LogP contribution in [-0.4, -0.2) is 73.0 Å². The number of benzene rings is 1. The summed E-state index contributed by atoms with van der Waals surface area (Å²) in [6, 6.07) is 10.00. The molecule has 11 heteroatoms. The fourth-order valence-electron chi connectivity index (χ4n) is 4.10. The molecule has 0 fully saturated rings. The molecule has 2 aliphatic rings. The first-order chi connectivity index (χ1) is 15.6. The highest BCUT2D eigenvalue weighted by Crippen LogP contribution is 2.33. The average Bonchev–Trinajstić information content (AvgIpc) is 3.38. The molecule has 4 rings (SSSR count). The summed E-state index contributed by atoms with van der Waals surface area (Å²) in [6.45, 7) is -0.955. The standard InChI is InChI=1S/C22H23F2N3O5S/c1-22(14-28,19-4-2-3-9-25-19)20(29)26-10-15-12-27(13-16(15)11-26)33(30,31)18-7-5-17(6-8-18)32-21(23)24/h2-9,21,28H,10-14H2,1H3. The zero-order chi connectivity index (χ0) is 23.8. The maximum Gasteiger partial charge on any atom is 0.387 e. The lowest BCUT2D eigenvalue weighted by molar-refractivity contribution is -0.137. The van der Waals surface area contributed by atoms with Crippen LogP contribution in [-0.2, 0) is 20.2 Å². The van der Waals surface area contributed by atoms with Crippen molar-refractivity contribution in [1.29, 1.82) is 0 Å². The summed E-state index contributed by atoms with van der Waals surface area (Å²) in [7, 11) is -3.84. The average molecular weight is 480 g/mol. The van der Waals surface area contributed by atoms with Gasteiger partial charge in [0.1, 0.15) is 11.2 Å². The van der Waals surface area contributed by atoms with Gasteiger partial charge in [0.2, 0.25) is 15.9 Å². The molecule has 1 aromatic heterocycles. The monoisotopic (exact) mass is 479 g/mol. The third-order valence-electron chi connectivity index (χ3n) is 5.99. The second-order valence-corrected chi connectivity index (χ2v) is 10.1. The Kier molecular flexibility index (Phi) is 6.21. The van der Waals surface area contributed by atoms with Crippen LogP contribution >= 0.6 is 0 Å². The first-order valence-corrected chi connectivity index (χ1v) is 11.7. The molecule has 1 atom stereocenters. The van der Waals surface area contributed by atoms with Gasteiger partial charge in [-0.05, 0) is 54.5 Å². The van der Waals surface area contributed by atoms with E-state index in [2.05, 4.69) is 9.72 Å². The number of alkyl halides is 2. The van der Waals surface area contributed by atoms with E-state index in [1.807, 2.05) is 0 Å². The van der Waals surface area contributed by atoms with E-state index in [-0.39, 0.29) is 42.7 Å². The highest BCUT2D eigenvalue weighted by molar-refractivity contribution is 7.89. The molecule has 0 saturated carbocycles. The van der Waals surface area contributed by atoms with E-state index in [1.54, 1.807) is 36.2 Å². The Labute approximate surface area is 190 Å². The number of aliphatic hydroxyl groups is 1. The summed E-state index contributed by atoms with van der Waals surface area (Å²) in [5.41, 5.74) is 0.944. The van der Waals surface area contributed by atoms with Crippen molar-refractivity contribution in [3.05, 3.63) is 65.5 Å². The molecule has 8 nitrogen and oxygen atoms in total. The van der Waals surface area contributed by atoms with E-state index < -0.39 is 28.7 Å². The Bertz CT molecular complexity index is 1150. The van der Waals surface area contributed by atoms with E-state index in [9.17, 15) is 27.1 Å². The van der Waals surface area contributed by atoms with Crippen molar-refractivity contribution < 1.29 is 31.8 Å². The molecule has 1 unspecified atom stereocenters. The van der Waals surface area contributed by atoms with Gasteiger partial charge >= 0.3 is 6.61 Å². The number of pyridine rings is 1. The summed E-state index contributed by atoms with van der Waals surface area (Å²) < 4.78 is 56.2. The molecular formula is C22H23F2N3O5S. The number of ether oxygens (including phenoxy) is 1. The van der Waals surface area contributed by atoms with E-state index in [0.717, 1.165) is 11.1 Å². The molecule has 2 aliphatic heterocycles. The zero-order valence-corrected chi connectivity index (χ0v) is 18.6. The molecular weight excluding hydrogens is 456 g/mol. The van der Waals surface area contributed by atoms with Gasteiger partial charge in [0.15, 0.2) is 0 Å². The third-order valence-corrected chi connectivity index (χ3v) is 7.80. The minimum Gasteiger partial charge on any atom is -0.435 e. The van der Waals surface area contributed by atoms with Crippen molar-refractivity contribution in [2.75, 3.05) is 32.8 Å². The predicted octanol–water partition coefficient (Wildman–Crippen LogP) is 1.78. The topological polar surface area (TPSA) is 100 Å². The largest absolute Gasteiger partial charge is 0.435 e. The lowest BCUT2D eigenvalue weighted by Crippen LogP contribution is -2.48. The first-order valence-electron chi connectivity index (χ1n) is 10.2. The van der Waals surface area contributed by atoms with Crippen molar-refractivity contribution in [1.82, 2.24) is 14.2 Å². The number of hydrogen-bond acceptors (Lipinski definition) is 6. The van der Waals surface area contributed by atoms with E-state index in [0.29, 0.717) is 5.69 Å². The van der Waals surface area contributed by atoms with Crippen molar-refractivity contribution in [3.8, 4) is 5.75 Å². The Morgan fingerprint density at radius 2 is 1.76 bits per heavy atom. The highest BCUT2D eigenvalue weighted by Gasteiger charge is 2.44. The molecule has 0 spiro atoms. The van der Waals surface area contributed by atoms with Crippen molar-refractivity contribution in [3.63, 3.8) is 0 Å². The number of carbonyl (C=O) groups is 1. The van der Waals surface area contributed by atoms with Gasteiger partial charge < -0.3 is 14.7 Å². The highest BCUT2D eigenvalue weighted by atomic mass is 32.2. The van der Waals surface area contributed by atoms with Crippen LogP contribution in [0.1, 0.15) is 12.6 Å². The smallest absolute Gasteiger partial charge is 0.387 e. The number of aromatic nitrogens is 1. The molecule has 3 heterocycles. The van der Waals surface area contributed by atoms with E-state index in [1.165, 1.54) is 28.6 Å². The van der Waals surface area contributed by atoms with Gasteiger partial charge in [-0.2, -0.15) is 13.1 Å². The maximum absolute atomic E-state index is 13.2. The molecule has 176 valence electrons. The summed E-state index contributed by atoms with van der Waals surface area (Å²) in [5.74, 6) is -0.401. The number of hydrogen-bond donors (Lipinski definition) is 1. The number of halogens is 2. The van der Waals surface area contributed by atoms with Gasteiger partial charge in [-0.1, -0.05) is 6.07 Å². The van der Waals surface area contributed by atoms with Gasteiger partial charge in [-0.15, -0.1) is 0 Å². The van der Waals surface area contributed by atoms with Crippen molar-refractivity contribution >= 4 is 15.9 Å². The number of sulfonamides is 1. The van der Waals surface area contributed by atoms with Crippen LogP contribution in [0.25, 0.3) is 0 Å². The molecule has 1 N–H and O–H groups in total.